The van der Waals surface area contributed by atoms with Crippen molar-refractivity contribution in [3.8, 4) is 0 Å². The number of hydrogen-bond acceptors (Lipinski definition) is 3. The van der Waals surface area contributed by atoms with Gasteiger partial charge in [0.1, 0.15) is 0 Å². The van der Waals surface area contributed by atoms with E-state index in [1.807, 2.05) is 6.92 Å². The highest BCUT2D eigenvalue weighted by Gasteiger charge is 2.41. The fraction of sp³-hybridized carbons (Fsp3) is 0.455. The Morgan fingerprint density at radius 2 is 2.00 bits per heavy atom. The van der Waals surface area contributed by atoms with Crippen molar-refractivity contribution in [2.75, 3.05) is 0 Å². The van der Waals surface area contributed by atoms with Gasteiger partial charge in [-0.15, -0.1) is 0 Å². The molecule has 0 spiro atoms. The average molecular weight is 241 g/mol. The van der Waals surface area contributed by atoms with Gasteiger partial charge in [-0.25, -0.2) is 13.1 Å². The van der Waals surface area contributed by atoms with E-state index in [9.17, 15) is 8.42 Å². The van der Waals surface area contributed by atoms with Crippen LogP contribution in [0.15, 0.2) is 29.2 Å². The van der Waals surface area contributed by atoms with Gasteiger partial charge in [-0.3, -0.25) is 0 Å². The van der Waals surface area contributed by atoms with Crippen LogP contribution in [0.2, 0.25) is 0 Å². The third-order valence-corrected chi connectivity index (χ3v) is 4.55. The average Bonchev–Trinajstić information content (AvgIpc) is 2.95. The van der Waals surface area contributed by atoms with Crippen molar-refractivity contribution in [2.45, 2.75) is 36.8 Å². The molecule has 1 aromatic carbocycles. The minimum Gasteiger partial charge on any atom is -0.392 e. The molecule has 0 amide bonds. The van der Waals surface area contributed by atoms with Gasteiger partial charge >= 0.3 is 0 Å². The summed E-state index contributed by atoms with van der Waals surface area (Å²) in [5.74, 6) is 0. The molecule has 1 aromatic rings. The fourth-order valence-corrected chi connectivity index (χ4v) is 3.26. The molecule has 2 rings (SSSR count). The second-order valence-corrected chi connectivity index (χ2v) is 6.08. The van der Waals surface area contributed by atoms with E-state index in [1.165, 1.54) is 6.07 Å². The highest BCUT2D eigenvalue weighted by molar-refractivity contribution is 7.89. The van der Waals surface area contributed by atoms with Gasteiger partial charge in [-0.2, -0.15) is 0 Å². The molecule has 0 aliphatic heterocycles. The normalized spacial score (nSPS) is 18.4. The van der Waals surface area contributed by atoms with E-state index < -0.39 is 10.0 Å². The van der Waals surface area contributed by atoms with E-state index in [0.717, 1.165) is 12.8 Å². The minimum absolute atomic E-state index is 0.172. The van der Waals surface area contributed by atoms with Gasteiger partial charge in [-0.05, 0) is 31.4 Å². The van der Waals surface area contributed by atoms with E-state index in [4.69, 9.17) is 5.11 Å². The van der Waals surface area contributed by atoms with Gasteiger partial charge in [-0.1, -0.05) is 18.2 Å². The Morgan fingerprint density at radius 1 is 1.38 bits per heavy atom. The van der Waals surface area contributed by atoms with E-state index >= 15 is 0 Å². The molecule has 1 saturated carbocycles. The van der Waals surface area contributed by atoms with Crippen LogP contribution in [0.25, 0.3) is 0 Å². The van der Waals surface area contributed by atoms with Crippen molar-refractivity contribution < 1.29 is 13.5 Å². The highest BCUT2D eigenvalue weighted by Crippen LogP contribution is 2.36. The quantitative estimate of drug-likeness (QED) is 0.826. The summed E-state index contributed by atoms with van der Waals surface area (Å²) in [5, 5.41) is 9.10. The molecule has 0 heterocycles. The number of aliphatic hydroxyl groups excluding tert-OH is 1. The third-order valence-electron chi connectivity index (χ3n) is 2.81. The van der Waals surface area contributed by atoms with Crippen molar-refractivity contribution in [3.05, 3.63) is 29.8 Å². The molecule has 5 heteroatoms. The van der Waals surface area contributed by atoms with Crippen molar-refractivity contribution in [1.29, 1.82) is 0 Å². The van der Waals surface area contributed by atoms with Crippen LogP contribution in [-0.4, -0.2) is 19.1 Å². The molecule has 2 N–H and O–H groups in total. The first-order valence-electron chi connectivity index (χ1n) is 5.20. The second kappa shape index (κ2) is 3.84. The standard InChI is InChI=1S/C11H15NO3S/c1-11(6-7-11)12-16(14,15)10-5-3-2-4-9(10)8-13/h2-5,12-13H,6-8H2,1H3. The van der Waals surface area contributed by atoms with Crippen molar-refractivity contribution >= 4 is 10.0 Å². The maximum Gasteiger partial charge on any atom is 0.241 e. The number of nitrogens with one attached hydrogen (secondary N) is 1. The van der Waals surface area contributed by atoms with Crippen molar-refractivity contribution in [1.82, 2.24) is 4.72 Å². The van der Waals surface area contributed by atoms with E-state index in [1.54, 1.807) is 18.2 Å². The number of sulfonamides is 1. The fourth-order valence-electron chi connectivity index (χ4n) is 1.57. The maximum atomic E-state index is 12.0. The van der Waals surface area contributed by atoms with Gasteiger partial charge in [0.25, 0.3) is 0 Å². The van der Waals surface area contributed by atoms with Crippen LogP contribution in [0, 0.1) is 0 Å². The number of hydrogen-bond donors (Lipinski definition) is 2. The lowest BCUT2D eigenvalue weighted by Crippen LogP contribution is -2.34. The van der Waals surface area contributed by atoms with Gasteiger partial charge in [0.05, 0.1) is 11.5 Å². The van der Waals surface area contributed by atoms with Crippen LogP contribution in [-0.2, 0) is 16.6 Å². The van der Waals surface area contributed by atoms with Gasteiger partial charge in [0.2, 0.25) is 10.0 Å². The van der Waals surface area contributed by atoms with E-state index in [-0.39, 0.29) is 17.0 Å². The Bertz CT molecular complexity index is 492. The monoisotopic (exact) mass is 241 g/mol. The molecule has 0 saturated heterocycles. The highest BCUT2D eigenvalue weighted by atomic mass is 32.2. The predicted octanol–water partition coefficient (Wildman–Crippen LogP) is 1.01. The lowest BCUT2D eigenvalue weighted by Gasteiger charge is -2.14. The molecule has 0 radical (unpaired) electrons. The van der Waals surface area contributed by atoms with Crippen molar-refractivity contribution in [3.63, 3.8) is 0 Å². The molecule has 1 fully saturated rings. The summed E-state index contributed by atoms with van der Waals surface area (Å²) in [6, 6.07) is 6.50. The zero-order valence-corrected chi connectivity index (χ0v) is 9.92. The summed E-state index contributed by atoms with van der Waals surface area (Å²) in [6.07, 6.45) is 1.74. The topological polar surface area (TPSA) is 66.4 Å². The van der Waals surface area contributed by atoms with Crippen LogP contribution in [0.4, 0.5) is 0 Å². The molecule has 4 nitrogen and oxygen atoms in total. The van der Waals surface area contributed by atoms with Gasteiger partial charge in [0, 0.05) is 5.54 Å². The summed E-state index contributed by atoms with van der Waals surface area (Å²) in [7, 11) is -3.51. The largest absolute Gasteiger partial charge is 0.392 e. The Hall–Kier alpha value is -0.910. The summed E-state index contributed by atoms with van der Waals surface area (Å²) in [6.45, 7) is 1.61. The number of aliphatic hydroxyl groups is 1. The smallest absolute Gasteiger partial charge is 0.241 e. The molecule has 1 aliphatic carbocycles. The zero-order valence-electron chi connectivity index (χ0n) is 9.10. The zero-order chi connectivity index (χ0) is 11.8. The SMILES string of the molecule is CC1(NS(=O)(=O)c2ccccc2CO)CC1. The van der Waals surface area contributed by atoms with E-state index in [2.05, 4.69) is 4.72 Å². The maximum absolute atomic E-state index is 12.0. The molecule has 0 bridgehead atoms. The van der Waals surface area contributed by atoms with E-state index in [0.29, 0.717) is 5.56 Å². The summed E-state index contributed by atoms with van der Waals surface area (Å²) >= 11 is 0. The molecule has 88 valence electrons. The molecule has 16 heavy (non-hydrogen) atoms. The van der Waals surface area contributed by atoms with Crippen LogP contribution in [0.1, 0.15) is 25.3 Å². The molecular weight excluding hydrogens is 226 g/mol. The molecule has 1 aliphatic rings. The summed E-state index contributed by atoms with van der Waals surface area (Å²) in [5.41, 5.74) is 0.140. The first-order chi connectivity index (χ1) is 7.47. The Balaban J connectivity index is 2.35. The number of rotatable bonds is 4. The van der Waals surface area contributed by atoms with Crippen LogP contribution < -0.4 is 4.72 Å². The third kappa shape index (κ3) is 2.26. The minimum atomic E-state index is -3.51. The molecular formula is C11H15NO3S. The van der Waals surface area contributed by atoms with Gasteiger partial charge < -0.3 is 5.11 Å². The molecule has 0 atom stereocenters. The number of benzene rings is 1. The van der Waals surface area contributed by atoms with Gasteiger partial charge in [0.15, 0.2) is 0 Å². The Morgan fingerprint density at radius 3 is 2.56 bits per heavy atom. The lowest BCUT2D eigenvalue weighted by atomic mass is 10.2. The Kier molecular flexibility index (Phi) is 2.77. The lowest BCUT2D eigenvalue weighted by molar-refractivity contribution is 0.278. The summed E-state index contributed by atoms with van der Waals surface area (Å²) in [4.78, 5) is 0.172. The summed E-state index contributed by atoms with van der Waals surface area (Å²) < 4.78 is 26.7. The molecule has 0 unspecified atom stereocenters. The predicted molar refractivity (Wildman–Crippen MR) is 60.3 cm³/mol. The first kappa shape index (κ1) is 11.6. The van der Waals surface area contributed by atoms with Crippen LogP contribution in [0.3, 0.4) is 0 Å². The van der Waals surface area contributed by atoms with Crippen LogP contribution >= 0.6 is 0 Å². The second-order valence-electron chi connectivity index (χ2n) is 4.43. The van der Waals surface area contributed by atoms with Crippen molar-refractivity contribution in [2.24, 2.45) is 0 Å². The van der Waals surface area contributed by atoms with Crippen LogP contribution in [0.5, 0.6) is 0 Å². The Labute approximate surface area is 95.4 Å². The molecule has 0 aromatic heterocycles. The first-order valence-corrected chi connectivity index (χ1v) is 6.68.